The zero-order valence-electron chi connectivity index (χ0n) is 8.62. The molecule has 0 aromatic heterocycles. The third-order valence-electron chi connectivity index (χ3n) is 2.83. The minimum atomic E-state index is -4.42. The molecular weight excluding hydrogens is 237 g/mol. The Morgan fingerprint density at radius 2 is 1.82 bits per heavy atom. The SMILES string of the molecule is O=C(O)C1(c2ccc(C(F)(F)F)cc2)CCO1. The summed E-state index contributed by atoms with van der Waals surface area (Å²) in [5, 5.41) is 9.02. The van der Waals surface area contributed by atoms with Gasteiger partial charge in [-0.3, -0.25) is 0 Å². The number of rotatable bonds is 2. The van der Waals surface area contributed by atoms with Gasteiger partial charge in [-0.25, -0.2) is 4.79 Å². The predicted molar refractivity (Wildman–Crippen MR) is 51.3 cm³/mol. The number of ether oxygens (including phenoxy) is 1. The molecule has 1 fully saturated rings. The molecule has 2 rings (SSSR count). The highest BCUT2D eigenvalue weighted by molar-refractivity contribution is 5.80. The quantitative estimate of drug-likeness (QED) is 0.871. The molecule has 0 saturated carbocycles. The second-order valence-electron chi connectivity index (χ2n) is 3.81. The lowest BCUT2D eigenvalue weighted by Gasteiger charge is -2.38. The molecule has 1 atom stereocenters. The Hall–Kier alpha value is -1.56. The second kappa shape index (κ2) is 3.73. The van der Waals surface area contributed by atoms with E-state index in [4.69, 9.17) is 9.84 Å². The highest BCUT2D eigenvalue weighted by Gasteiger charge is 2.48. The highest BCUT2D eigenvalue weighted by Crippen LogP contribution is 2.39. The van der Waals surface area contributed by atoms with Crippen LogP contribution in [0.4, 0.5) is 13.2 Å². The number of carbonyl (C=O) groups is 1. The van der Waals surface area contributed by atoms with Crippen molar-refractivity contribution < 1.29 is 27.8 Å². The molecule has 92 valence electrons. The van der Waals surface area contributed by atoms with Gasteiger partial charge in [0.2, 0.25) is 0 Å². The number of carboxylic acids is 1. The molecule has 1 heterocycles. The molecule has 0 radical (unpaired) electrons. The fourth-order valence-electron chi connectivity index (χ4n) is 1.75. The van der Waals surface area contributed by atoms with E-state index in [0.29, 0.717) is 6.61 Å². The van der Waals surface area contributed by atoms with Gasteiger partial charge in [0, 0.05) is 6.42 Å². The van der Waals surface area contributed by atoms with Gasteiger partial charge in [-0.2, -0.15) is 13.2 Å². The van der Waals surface area contributed by atoms with Crippen molar-refractivity contribution >= 4 is 5.97 Å². The van der Waals surface area contributed by atoms with Crippen molar-refractivity contribution in [1.29, 1.82) is 0 Å². The lowest BCUT2D eigenvalue weighted by molar-refractivity contribution is -0.197. The van der Waals surface area contributed by atoms with Gasteiger partial charge in [0.1, 0.15) is 0 Å². The van der Waals surface area contributed by atoms with Gasteiger partial charge in [0.15, 0.2) is 5.60 Å². The van der Waals surface area contributed by atoms with Crippen molar-refractivity contribution in [1.82, 2.24) is 0 Å². The summed E-state index contributed by atoms with van der Waals surface area (Å²) in [6.07, 6.45) is -4.15. The van der Waals surface area contributed by atoms with Gasteiger partial charge in [-0.1, -0.05) is 12.1 Å². The molecule has 1 aromatic carbocycles. The zero-order valence-corrected chi connectivity index (χ0v) is 8.62. The Kier molecular flexibility index (Phi) is 2.61. The van der Waals surface area contributed by atoms with E-state index in [0.717, 1.165) is 24.3 Å². The predicted octanol–water partition coefficient (Wildman–Crippen LogP) is 2.41. The standard InChI is InChI=1S/C11H9F3O3/c12-11(13,14)8-3-1-7(2-4-8)10(9(15)16)5-6-17-10/h1-4H,5-6H2,(H,15,16). The van der Waals surface area contributed by atoms with E-state index in [1.54, 1.807) is 0 Å². The molecule has 1 aromatic rings. The van der Waals surface area contributed by atoms with E-state index >= 15 is 0 Å². The Bertz CT molecular complexity index is 432. The summed E-state index contributed by atoms with van der Waals surface area (Å²) < 4.78 is 42.0. The minimum absolute atomic E-state index is 0.240. The van der Waals surface area contributed by atoms with E-state index in [9.17, 15) is 18.0 Å². The maximum Gasteiger partial charge on any atom is 0.416 e. The summed E-state index contributed by atoms with van der Waals surface area (Å²) in [5.74, 6) is -1.18. The summed E-state index contributed by atoms with van der Waals surface area (Å²) in [6.45, 7) is 0.299. The number of hydrogen-bond acceptors (Lipinski definition) is 2. The zero-order chi connectivity index (χ0) is 12.7. The van der Waals surface area contributed by atoms with Crippen LogP contribution in [0, 0.1) is 0 Å². The van der Waals surface area contributed by atoms with E-state index in [1.165, 1.54) is 0 Å². The first kappa shape index (κ1) is 11.9. The van der Waals surface area contributed by atoms with Crippen LogP contribution in [0.2, 0.25) is 0 Å². The van der Waals surface area contributed by atoms with E-state index in [2.05, 4.69) is 0 Å². The van der Waals surface area contributed by atoms with Crippen molar-refractivity contribution in [2.24, 2.45) is 0 Å². The van der Waals surface area contributed by atoms with Crippen molar-refractivity contribution in [3.63, 3.8) is 0 Å². The molecule has 17 heavy (non-hydrogen) atoms. The summed E-state index contributed by atoms with van der Waals surface area (Å²) in [4.78, 5) is 11.0. The summed E-state index contributed by atoms with van der Waals surface area (Å²) in [5.41, 5.74) is -2.03. The molecule has 3 nitrogen and oxygen atoms in total. The molecule has 6 heteroatoms. The molecule has 1 saturated heterocycles. The number of halogens is 3. The third kappa shape index (κ3) is 1.88. The Morgan fingerprint density at radius 3 is 2.12 bits per heavy atom. The first-order valence-corrected chi connectivity index (χ1v) is 4.91. The van der Waals surface area contributed by atoms with Gasteiger partial charge in [-0.15, -0.1) is 0 Å². The summed E-state index contributed by atoms with van der Waals surface area (Å²) in [6, 6.07) is 4.02. The van der Waals surface area contributed by atoms with Crippen molar-refractivity contribution in [2.75, 3.05) is 6.61 Å². The Labute approximate surface area is 94.8 Å². The average Bonchev–Trinajstić information content (AvgIpc) is 2.14. The molecular formula is C11H9F3O3. The van der Waals surface area contributed by atoms with Gasteiger partial charge >= 0.3 is 12.1 Å². The Balaban J connectivity index is 2.32. The van der Waals surface area contributed by atoms with Gasteiger partial charge in [0.05, 0.1) is 12.2 Å². The average molecular weight is 246 g/mol. The summed E-state index contributed by atoms with van der Waals surface area (Å²) in [7, 11) is 0. The molecule has 1 aliphatic rings. The van der Waals surface area contributed by atoms with Crippen LogP contribution in [0.1, 0.15) is 17.5 Å². The van der Waals surface area contributed by atoms with Crippen molar-refractivity contribution in [3.05, 3.63) is 35.4 Å². The Morgan fingerprint density at radius 1 is 1.29 bits per heavy atom. The molecule has 1 N–H and O–H groups in total. The highest BCUT2D eigenvalue weighted by atomic mass is 19.4. The van der Waals surface area contributed by atoms with E-state index in [-0.39, 0.29) is 12.0 Å². The van der Waals surface area contributed by atoms with Crippen LogP contribution in [0.15, 0.2) is 24.3 Å². The van der Waals surface area contributed by atoms with Crippen molar-refractivity contribution in [2.45, 2.75) is 18.2 Å². The molecule has 0 aliphatic carbocycles. The third-order valence-corrected chi connectivity index (χ3v) is 2.83. The number of alkyl halides is 3. The second-order valence-corrected chi connectivity index (χ2v) is 3.81. The van der Waals surface area contributed by atoms with Crippen molar-refractivity contribution in [3.8, 4) is 0 Å². The van der Waals surface area contributed by atoms with Crippen LogP contribution >= 0.6 is 0 Å². The van der Waals surface area contributed by atoms with Crippen LogP contribution in [-0.4, -0.2) is 17.7 Å². The van der Waals surface area contributed by atoms with E-state index < -0.39 is 23.3 Å². The first-order valence-electron chi connectivity index (χ1n) is 4.91. The fraction of sp³-hybridized carbons (Fsp3) is 0.364. The van der Waals surface area contributed by atoms with Crippen LogP contribution < -0.4 is 0 Å². The topological polar surface area (TPSA) is 46.5 Å². The lowest BCUT2D eigenvalue weighted by Crippen LogP contribution is -2.47. The molecule has 0 bridgehead atoms. The largest absolute Gasteiger partial charge is 0.479 e. The molecule has 0 spiro atoms. The number of benzene rings is 1. The summed E-state index contributed by atoms with van der Waals surface area (Å²) >= 11 is 0. The molecule has 1 unspecified atom stereocenters. The molecule has 1 aliphatic heterocycles. The maximum absolute atomic E-state index is 12.3. The van der Waals surface area contributed by atoms with Gasteiger partial charge in [0.25, 0.3) is 0 Å². The van der Waals surface area contributed by atoms with Crippen LogP contribution in [0.25, 0.3) is 0 Å². The smallest absolute Gasteiger partial charge is 0.416 e. The number of hydrogen-bond donors (Lipinski definition) is 1. The van der Waals surface area contributed by atoms with Crippen LogP contribution in [0.3, 0.4) is 0 Å². The molecule has 0 amide bonds. The lowest BCUT2D eigenvalue weighted by atomic mass is 9.86. The normalized spacial score (nSPS) is 24.2. The number of carboxylic acid groups (broad SMARTS) is 1. The maximum atomic E-state index is 12.3. The minimum Gasteiger partial charge on any atom is -0.479 e. The number of aliphatic carboxylic acids is 1. The van der Waals surface area contributed by atoms with Crippen LogP contribution in [0.5, 0.6) is 0 Å². The van der Waals surface area contributed by atoms with Crippen LogP contribution in [-0.2, 0) is 21.3 Å². The van der Waals surface area contributed by atoms with Gasteiger partial charge < -0.3 is 9.84 Å². The first-order chi connectivity index (χ1) is 7.86. The fourth-order valence-corrected chi connectivity index (χ4v) is 1.75. The van der Waals surface area contributed by atoms with Gasteiger partial charge in [-0.05, 0) is 17.7 Å². The monoisotopic (exact) mass is 246 g/mol. The van der Waals surface area contributed by atoms with E-state index in [1.807, 2.05) is 0 Å².